The minimum absolute atomic E-state index is 0.0490. The maximum atomic E-state index is 12.2. The van der Waals surface area contributed by atoms with Crippen molar-refractivity contribution in [1.29, 1.82) is 0 Å². The molecule has 0 aromatic carbocycles. The number of rotatable bonds is 5. The van der Waals surface area contributed by atoms with Crippen LogP contribution in [0.15, 0.2) is 0 Å². The number of nitrogens with zero attached hydrogens (tertiary/aromatic N) is 1. The summed E-state index contributed by atoms with van der Waals surface area (Å²) in [5.74, 6) is 0.00594. The lowest BCUT2D eigenvalue weighted by Gasteiger charge is -2.33. The normalized spacial score (nSPS) is 24.6. The number of likely N-dealkylation sites (tertiary alicyclic amines) is 1. The highest BCUT2D eigenvalue weighted by atomic mass is 16.4. The van der Waals surface area contributed by atoms with Crippen LogP contribution in [0.3, 0.4) is 0 Å². The van der Waals surface area contributed by atoms with E-state index in [0.29, 0.717) is 19.4 Å². The number of aliphatic carboxylic acids is 1. The van der Waals surface area contributed by atoms with Gasteiger partial charge in [0, 0.05) is 13.0 Å². The third kappa shape index (κ3) is 4.22. The van der Waals surface area contributed by atoms with Crippen molar-refractivity contribution in [2.75, 3.05) is 6.54 Å². The van der Waals surface area contributed by atoms with E-state index in [1.807, 2.05) is 0 Å². The van der Waals surface area contributed by atoms with Gasteiger partial charge in [-0.2, -0.15) is 0 Å². The maximum Gasteiger partial charge on any atom is 0.326 e. The van der Waals surface area contributed by atoms with Crippen LogP contribution in [0, 0.1) is 5.92 Å². The molecule has 4 heteroatoms. The van der Waals surface area contributed by atoms with Crippen LogP contribution in [0.4, 0.5) is 0 Å². The zero-order valence-electron chi connectivity index (χ0n) is 12.4. The van der Waals surface area contributed by atoms with Gasteiger partial charge in [0.25, 0.3) is 0 Å². The summed E-state index contributed by atoms with van der Waals surface area (Å²) in [4.78, 5) is 25.0. The molecule has 0 bridgehead atoms. The number of hydrogen-bond acceptors (Lipinski definition) is 2. The topological polar surface area (TPSA) is 57.6 Å². The molecular formula is C16H27NO3. The number of hydrogen-bond donors (Lipinski definition) is 1. The SMILES string of the molecule is O=C(O)C1CCCCN1C(=O)CCCC1CCCCC1. The van der Waals surface area contributed by atoms with Crippen molar-refractivity contribution >= 4 is 11.9 Å². The molecule has 1 N–H and O–H groups in total. The molecule has 2 rings (SSSR count). The largest absolute Gasteiger partial charge is 0.480 e. The van der Waals surface area contributed by atoms with Gasteiger partial charge in [-0.3, -0.25) is 4.79 Å². The number of piperidine rings is 1. The van der Waals surface area contributed by atoms with E-state index in [0.717, 1.165) is 31.6 Å². The molecule has 1 heterocycles. The zero-order valence-corrected chi connectivity index (χ0v) is 12.4. The van der Waals surface area contributed by atoms with E-state index in [1.54, 1.807) is 4.90 Å². The van der Waals surface area contributed by atoms with Crippen molar-refractivity contribution in [2.45, 2.75) is 76.7 Å². The van der Waals surface area contributed by atoms with Crippen LogP contribution in [0.5, 0.6) is 0 Å². The Morgan fingerprint density at radius 2 is 1.70 bits per heavy atom. The standard InChI is InChI=1S/C16H27NO3/c18-15(11-6-9-13-7-2-1-3-8-13)17-12-5-4-10-14(17)16(19)20/h13-14H,1-12H2,(H,19,20). The monoisotopic (exact) mass is 281 g/mol. The highest BCUT2D eigenvalue weighted by molar-refractivity contribution is 5.83. The minimum atomic E-state index is -0.842. The molecule has 0 aromatic rings. The molecule has 4 nitrogen and oxygen atoms in total. The van der Waals surface area contributed by atoms with Gasteiger partial charge in [0.15, 0.2) is 0 Å². The van der Waals surface area contributed by atoms with Crippen molar-refractivity contribution in [3.05, 3.63) is 0 Å². The van der Waals surface area contributed by atoms with Crippen LogP contribution in [-0.2, 0) is 9.59 Å². The number of amides is 1. The first-order chi connectivity index (χ1) is 9.68. The molecule has 20 heavy (non-hydrogen) atoms. The lowest BCUT2D eigenvalue weighted by Crippen LogP contribution is -2.47. The first-order valence-corrected chi connectivity index (χ1v) is 8.21. The van der Waals surface area contributed by atoms with E-state index in [-0.39, 0.29) is 5.91 Å². The Balaban J connectivity index is 1.73. The highest BCUT2D eigenvalue weighted by Gasteiger charge is 2.31. The van der Waals surface area contributed by atoms with Gasteiger partial charge in [-0.1, -0.05) is 32.1 Å². The summed E-state index contributed by atoms with van der Waals surface area (Å²) in [5.41, 5.74) is 0. The summed E-state index contributed by atoms with van der Waals surface area (Å²) >= 11 is 0. The van der Waals surface area contributed by atoms with E-state index in [4.69, 9.17) is 0 Å². The van der Waals surface area contributed by atoms with Crippen molar-refractivity contribution in [2.24, 2.45) is 5.92 Å². The molecule has 0 aromatic heterocycles. The van der Waals surface area contributed by atoms with Crippen molar-refractivity contribution in [3.63, 3.8) is 0 Å². The minimum Gasteiger partial charge on any atom is -0.480 e. The Morgan fingerprint density at radius 3 is 2.40 bits per heavy atom. The molecule has 1 atom stereocenters. The van der Waals surface area contributed by atoms with Crippen LogP contribution in [0.25, 0.3) is 0 Å². The molecule has 114 valence electrons. The average Bonchev–Trinajstić information content (AvgIpc) is 2.48. The molecule has 1 aliphatic carbocycles. The summed E-state index contributed by atoms with van der Waals surface area (Å²) in [6, 6.07) is -0.578. The third-order valence-corrected chi connectivity index (χ3v) is 4.84. The van der Waals surface area contributed by atoms with Crippen LogP contribution in [0.2, 0.25) is 0 Å². The Labute approximate surface area is 121 Å². The van der Waals surface area contributed by atoms with Gasteiger partial charge in [-0.05, 0) is 38.0 Å². The molecule has 1 saturated carbocycles. The summed E-state index contributed by atoms with van der Waals surface area (Å²) in [6.07, 6.45) is 11.7. The van der Waals surface area contributed by atoms with Crippen molar-refractivity contribution in [1.82, 2.24) is 4.90 Å². The van der Waals surface area contributed by atoms with Crippen LogP contribution in [-0.4, -0.2) is 34.5 Å². The van der Waals surface area contributed by atoms with E-state index >= 15 is 0 Å². The summed E-state index contributed by atoms with van der Waals surface area (Å²) in [5, 5.41) is 9.19. The quantitative estimate of drug-likeness (QED) is 0.842. The first kappa shape index (κ1) is 15.3. The summed E-state index contributed by atoms with van der Waals surface area (Å²) in [6.45, 7) is 0.624. The molecule has 1 saturated heterocycles. The van der Waals surface area contributed by atoms with Crippen LogP contribution in [0.1, 0.15) is 70.6 Å². The Bertz CT molecular complexity index is 337. The van der Waals surface area contributed by atoms with Crippen molar-refractivity contribution in [3.8, 4) is 0 Å². The van der Waals surface area contributed by atoms with E-state index in [2.05, 4.69) is 0 Å². The molecule has 0 radical (unpaired) electrons. The maximum absolute atomic E-state index is 12.2. The van der Waals surface area contributed by atoms with Gasteiger partial charge in [0.05, 0.1) is 0 Å². The molecular weight excluding hydrogens is 254 g/mol. The Morgan fingerprint density at radius 1 is 1.00 bits per heavy atom. The molecule has 0 spiro atoms. The summed E-state index contributed by atoms with van der Waals surface area (Å²) in [7, 11) is 0. The third-order valence-electron chi connectivity index (χ3n) is 4.84. The van der Waals surface area contributed by atoms with E-state index in [9.17, 15) is 14.7 Å². The number of carbonyl (C=O) groups excluding carboxylic acids is 1. The lowest BCUT2D eigenvalue weighted by molar-refractivity contribution is -0.152. The van der Waals surface area contributed by atoms with Crippen LogP contribution >= 0.6 is 0 Å². The fourth-order valence-corrected chi connectivity index (χ4v) is 3.65. The second-order valence-electron chi connectivity index (χ2n) is 6.33. The fraction of sp³-hybridized carbons (Fsp3) is 0.875. The Hall–Kier alpha value is -1.06. The first-order valence-electron chi connectivity index (χ1n) is 8.21. The van der Waals surface area contributed by atoms with Gasteiger partial charge < -0.3 is 10.0 Å². The van der Waals surface area contributed by atoms with Gasteiger partial charge in [-0.15, -0.1) is 0 Å². The molecule has 1 unspecified atom stereocenters. The average molecular weight is 281 g/mol. The second-order valence-corrected chi connectivity index (χ2v) is 6.33. The van der Waals surface area contributed by atoms with Crippen molar-refractivity contribution < 1.29 is 14.7 Å². The second kappa shape index (κ2) is 7.65. The summed E-state index contributed by atoms with van der Waals surface area (Å²) < 4.78 is 0. The van der Waals surface area contributed by atoms with E-state index < -0.39 is 12.0 Å². The smallest absolute Gasteiger partial charge is 0.326 e. The number of carboxylic acids is 1. The highest BCUT2D eigenvalue weighted by Crippen LogP contribution is 2.28. The zero-order chi connectivity index (χ0) is 14.4. The van der Waals surface area contributed by atoms with Gasteiger partial charge in [-0.25, -0.2) is 4.79 Å². The fourth-order valence-electron chi connectivity index (χ4n) is 3.65. The number of carbonyl (C=O) groups is 2. The molecule has 1 amide bonds. The lowest BCUT2D eigenvalue weighted by atomic mass is 9.86. The predicted molar refractivity (Wildman–Crippen MR) is 77.4 cm³/mol. The molecule has 2 aliphatic rings. The van der Waals surface area contributed by atoms with Gasteiger partial charge in [0.2, 0.25) is 5.91 Å². The van der Waals surface area contributed by atoms with E-state index in [1.165, 1.54) is 32.1 Å². The number of carboxylic acid groups (broad SMARTS) is 1. The molecule has 1 aliphatic heterocycles. The van der Waals surface area contributed by atoms with Gasteiger partial charge in [0.1, 0.15) is 6.04 Å². The van der Waals surface area contributed by atoms with Gasteiger partial charge >= 0.3 is 5.97 Å². The van der Waals surface area contributed by atoms with Crippen LogP contribution < -0.4 is 0 Å². The predicted octanol–water partition coefficient (Wildman–Crippen LogP) is 3.20. The Kier molecular flexibility index (Phi) is 5.86. The molecule has 2 fully saturated rings.